The zero-order valence-corrected chi connectivity index (χ0v) is 20.6. The molecule has 0 saturated carbocycles. The van der Waals surface area contributed by atoms with E-state index in [2.05, 4.69) is 22.0 Å². The number of nitrogens with zero attached hydrogens (tertiary/aromatic N) is 6. The summed E-state index contributed by atoms with van der Waals surface area (Å²) in [7, 11) is -1.97. The molecule has 11 nitrogen and oxygen atoms in total. The number of carbonyl (C=O) groups excluding carboxylic acids is 1. The van der Waals surface area contributed by atoms with E-state index in [9.17, 15) is 14.3 Å². The number of nitrogens with one attached hydrogen (secondary N) is 1. The molecule has 1 fully saturated rings. The molecule has 13 heteroatoms. The van der Waals surface area contributed by atoms with Crippen LogP contribution in [0.4, 0.5) is 5.82 Å². The summed E-state index contributed by atoms with van der Waals surface area (Å²) in [5, 5.41) is 12.2. The lowest BCUT2D eigenvalue weighted by Crippen LogP contribution is -2.52. The van der Waals surface area contributed by atoms with Crippen LogP contribution < -0.4 is 15.7 Å². The Balaban J connectivity index is 0.00000385. The van der Waals surface area contributed by atoms with E-state index in [0.717, 1.165) is 12.8 Å². The van der Waals surface area contributed by atoms with Crippen molar-refractivity contribution in [3.63, 3.8) is 0 Å². The number of hydrogen-bond acceptors (Lipinski definition) is 7. The monoisotopic (exact) mass is 498 g/mol. The average Bonchev–Trinajstić information content (AvgIpc) is 3.22. The molecule has 1 aliphatic heterocycles. The molecular formula is C20H32ClN8O3P. The zero-order valence-electron chi connectivity index (χ0n) is 18.9. The second kappa shape index (κ2) is 11.8. The molecule has 1 amide bonds. The molecule has 0 spiro atoms. The van der Waals surface area contributed by atoms with Crippen molar-refractivity contribution in [2.75, 3.05) is 38.1 Å². The Hall–Kier alpha value is -2.22. The normalized spacial score (nSPS) is 20.0. The van der Waals surface area contributed by atoms with Gasteiger partial charge in [-0.15, -0.1) is 12.4 Å². The minimum absolute atomic E-state index is 0. The van der Waals surface area contributed by atoms with Crippen LogP contribution in [0.5, 0.6) is 0 Å². The lowest BCUT2D eigenvalue weighted by atomic mass is 9.92. The van der Waals surface area contributed by atoms with Crippen molar-refractivity contribution in [1.29, 1.82) is 5.26 Å². The van der Waals surface area contributed by atoms with Crippen molar-refractivity contribution in [3.05, 3.63) is 18.6 Å². The average molecular weight is 499 g/mol. The molecule has 4 N–H and O–H groups in total. The van der Waals surface area contributed by atoms with E-state index in [4.69, 9.17) is 11.0 Å². The molecule has 1 saturated heterocycles. The summed E-state index contributed by atoms with van der Waals surface area (Å²) in [4.78, 5) is 35.2. The zero-order chi connectivity index (χ0) is 23.3. The molecule has 3 rings (SSSR count). The van der Waals surface area contributed by atoms with Crippen LogP contribution in [0.15, 0.2) is 18.6 Å². The largest absolute Gasteiger partial charge is 0.371 e. The van der Waals surface area contributed by atoms with Gasteiger partial charge < -0.3 is 20.4 Å². The molecule has 0 aliphatic carbocycles. The van der Waals surface area contributed by atoms with Crippen LogP contribution in [0.3, 0.4) is 0 Å². The van der Waals surface area contributed by atoms with Gasteiger partial charge in [0.05, 0.1) is 17.5 Å². The maximum Gasteiger partial charge on any atom is 0.371 e. The summed E-state index contributed by atoms with van der Waals surface area (Å²) in [6.45, 7) is 4.15. The molecule has 0 aromatic carbocycles. The Morgan fingerprint density at radius 3 is 2.91 bits per heavy atom. The smallest absolute Gasteiger partial charge is 0.354 e. The highest BCUT2D eigenvalue weighted by Crippen LogP contribution is 2.42. The van der Waals surface area contributed by atoms with Crippen molar-refractivity contribution < 1.29 is 14.3 Å². The van der Waals surface area contributed by atoms with E-state index < -0.39 is 7.67 Å². The van der Waals surface area contributed by atoms with Gasteiger partial charge in [0.1, 0.15) is 18.6 Å². The molecule has 33 heavy (non-hydrogen) atoms. The van der Waals surface area contributed by atoms with Crippen LogP contribution in [0.1, 0.15) is 32.6 Å². The predicted molar refractivity (Wildman–Crippen MR) is 129 cm³/mol. The summed E-state index contributed by atoms with van der Waals surface area (Å²) in [6, 6.07) is 3.65. The van der Waals surface area contributed by atoms with Crippen molar-refractivity contribution in [1.82, 2.24) is 24.3 Å². The van der Waals surface area contributed by atoms with Crippen LogP contribution in [0, 0.1) is 17.2 Å². The fourth-order valence-corrected chi connectivity index (χ4v) is 5.38. The molecule has 1 unspecified atom stereocenters. The predicted octanol–water partition coefficient (Wildman–Crippen LogP) is 1.72. The van der Waals surface area contributed by atoms with Crippen molar-refractivity contribution in [2.24, 2.45) is 11.7 Å². The molecule has 3 atom stereocenters. The molecule has 2 aromatic heterocycles. The van der Waals surface area contributed by atoms with Gasteiger partial charge in [0, 0.05) is 32.9 Å². The van der Waals surface area contributed by atoms with Crippen LogP contribution in [-0.4, -0.2) is 69.3 Å². The van der Waals surface area contributed by atoms with Gasteiger partial charge in [-0.3, -0.25) is 4.79 Å². The third-order valence-electron chi connectivity index (χ3n) is 6.02. The first-order valence-corrected chi connectivity index (χ1v) is 12.4. The van der Waals surface area contributed by atoms with Crippen LogP contribution in [0.25, 0.3) is 11.0 Å². The lowest BCUT2D eigenvalue weighted by molar-refractivity contribution is -0.131. The summed E-state index contributed by atoms with van der Waals surface area (Å²) < 4.78 is 14.2. The number of likely N-dealkylation sites (N-methyl/N-ethyl adjacent to an activating group) is 1. The first-order chi connectivity index (χ1) is 15.3. The number of amides is 1. The molecule has 3 heterocycles. The molecule has 0 bridgehead atoms. The van der Waals surface area contributed by atoms with Gasteiger partial charge >= 0.3 is 7.67 Å². The molecular weight excluding hydrogens is 467 g/mol. The van der Waals surface area contributed by atoms with Crippen LogP contribution in [0.2, 0.25) is 0 Å². The highest BCUT2D eigenvalue weighted by molar-refractivity contribution is 7.54. The van der Waals surface area contributed by atoms with E-state index in [1.165, 1.54) is 10.7 Å². The van der Waals surface area contributed by atoms with Gasteiger partial charge in [0.25, 0.3) is 0 Å². The summed E-state index contributed by atoms with van der Waals surface area (Å²) in [6.07, 6.45) is 5.08. The number of nitrogens with two attached hydrogens (primary N) is 1. The maximum absolute atomic E-state index is 12.9. The molecule has 182 valence electrons. The molecule has 1 aliphatic rings. The second-order valence-corrected chi connectivity index (χ2v) is 10.00. The van der Waals surface area contributed by atoms with E-state index in [-0.39, 0.29) is 30.8 Å². The third-order valence-corrected chi connectivity index (χ3v) is 7.56. The van der Waals surface area contributed by atoms with Gasteiger partial charge in [0.15, 0.2) is 5.65 Å². The summed E-state index contributed by atoms with van der Waals surface area (Å²) in [5.74, 6) is 0.758. The van der Waals surface area contributed by atoms with Gasteiger partial charge in [-0.25, -0.2) is 24.0 Å². The van der Waals surface area contributed by atoms with Crippen LogP contribution >= 0.6 is 20.1 Å². The Kier molecular flexibility index (Phi) is 9.64. The number of carbonyl (C=O) groups is 1. The number of aromatic nitrogens is 3. The number of likely N-dealkylation sites (tertiary alicyclic amines) is 1. The van der Waals surface area contributed by atoms with Crippen molar-refractivity contribution >= 4 is 42.8 Å². The van der Waals surface area contributed by atoms with E-state index in [1.807, 2.05) is 18.0 Å². The first kappa shape index (κ1) is 27.0. The maximum atomic E-state index is 12.9. The SMILES string of the molecule is C[C@@H]1CCN(C(=O)CC#N)C[C@@H]1N(C)c1ncnc2c1ccn2P(=O)(O)NCCCCN.Cl. The topological polar surface area (TPSA) is 153 Å². The Morgan fingerprint density at radius 1 is 1.45 bits per heavy atom. The Labute approximate surface area is 199 Å². The van der Waals surface area contributed by atoms with E-state index >= 15 is 0 Å². The second-order valence-electron chi connectivity index (χ2n) is 8.16. The number of piperidine rings is 1. The highest BCUT2D eigenvalue weighted by Gasteiger charge is 2.33. The minimum Gasteiger partial charge on any atom is -0.354 e. The molecule has 0 radical (unpaired) electrons. The standard InChI is InChI=1S/C20H31N8O3P.ClH/c1-15-6-11-27(18(29)5-9-22)13-17(15)26(2)19-16-7-12-28(20(16)24-14-23-19)32(30,31)25-10-4-3-8-21;/h7,12,14-15,17H,3-6,8,10-11,13,21H2,1-2H3,(H2,25,30,31);1H/t15-,17+;/m1./s1. The fourth-order valence-electron chi connectivity index (χ4n) is 4.11. The van der Waals surface area contributed by atoms with E-state index in [1.54, 1.807) is 17.2 Å². The van der Waals surface area contributed by atoms with Crippen molar-refractivity contribution in [3.8, 4) is 6.07 Å². The fraction of sp³-hybridized carbons (Fsp3) is 0.600. The Bertz CT molecular complexity index is 1040. The van der Waals surface area contributed by atoms with Crippen molar-refractivity contribution in [2.45, 2.75) is 38.6 Å². The Morgan fingerprint density at radius 2 is 2.21 bits per heavy atom. The van der Waals surface area contributed by atoms with Gasteiger partial charge in [-0.1, -0.05) is 6.92 Å². The minimum atomic E-state index is -3.87. The highest BCUT2D eigenvalue weighted by atomic mass is 35.5. The molecule has 2 aromatic rings. The number of halogens is 1. The summed E-state index contributed by atoms with van der Waals surface area (Å²) >= 11 is 0. The summed E-state index contributed by atoms with van der Waals surface area (Å²) in [5.41, 5.74) is 5.84. The number of rotatable bonds is 9. The number of nitriles is 1. The number of anilines is 1. The number of fused-ring (bicyclic) bond motifs is 1. The van der Waals surface area contributed by atoms with Gasteiger partial charge in [0.2, 0.25) is 5.91 Å². The van der Waals surface area contributed by atoms with Crippen LogP contribution in [-0.2, 0) is 9.36 Å². The van der Waals surface area contributed by atoms with Gasteiger partial charge in [-0.05, 0) is 37.8 Å². The first-order valence-electron chi connectivity index (χ1n) is 10.8. The lowest BCUT2D eigenvalue weighted by Gasteiger charge is -2.42. The number of unbranched alkanes of at least 4 members (excludes halogenated alkanes) is 1. The van der Waals surface area contributed by atoms with Gasteiger partial charge in [-0.2, -0.15) is 5.26 Å². The third kappa shape index (κ3) is 6.02. The quantitative estimate of drug-likeness (QED) is 0.346. The number of hydrogen-bond donors (Lipinski definition) is 3. The van der Waals surface area contributed by atoms with E-state index in [0.29, 0.717) is 55.4 Å².